The van der Waals surface area contributed by atoms with Gasteiger partial charge in [0.1, 0.15) is 12.1 Å². The number of fused-ring (bicyclic) bond motifs is 1. The van der Waals surface area contributed by atoms with E-state index in [0.717, 1.165) is 29.7 Å². The number of rotatable bonds is 2. The zero-order valence-corrected chi connectivity index (χ0v) is 13.7. The molecule has 0 saturated carbocycles. The molecule has 0 atom stereocenters. The minimum atomic E-state index is -0.258. The highest BCUT2D eigenvalue weighted by Crippen LogP contribution is 2.32. The normalized spacial score (nSPS) is 13.6. The topological polar surface area (TPSA) is 63.9 Å². The fourth-order valence-corrected chi connectivity index (χ4v) is 3.34. The maximum Gasteiger partial charge on any atom is 0.258 e. The van der Waals surface area contributed by atoms with Crippen LogP contribution in [0.3, 0.4) is 0 Å². The third-order valence-corrected chi connectivity index (χ3v) is 4.39. The number of carbonyl (C=O) groups excluding carboxylic acids is 1. The molecule has 1 aromatic heterocycles. The minimum Gasteiger partial charge on any atom is -0.308 e. The van der Waals surface area contributed by atoms with Gasteiger partial charge in [-0.3, -0.25) is 4.79 Å². The van der Waals surface area contributed by atoms with E-state index in [1.54, 1.807) is 23.1 Å². The van der Waals surface area contributed by atoms with E-state index in [2.05, 4.69) is 15.5 Å². The number of nitrogens with zero attached hydrogens (tertiary/aromatic N) is 5. The fraction of sp³-hybridized carbons (Fsp3) is 0.222. The largest absolute Gasteiger partial charge is 0.308 e. The molecular weight excluding hydrogens is 321 g/mol. The average Bonchev–Trinajstić information content (AvgIpc) is 3.15. The van der Waals surface area contributed by atoms with E-state index < -0.39 is 0 Å². The van der Waals surface area contributed by atoms with Gasteiger partial charge < -0.3 is 4.90 Å². The van der Waals surface area contributed by atoms with Crippen LogP contribution in [-0.2, 0) is 6.42 Å². The first-order chi connectivity index (χ1) is 12.1. The van der Waals surface area contributed by atoms with E-state index >= 15 is 0 Å². The van der Waals surface area contributed by atoms with Gasteiger partial charge in [-0.05, 0) is 71.7 Å². The lowest BCUT2D eigenvalue weighted by Gasteiger charge is -2.31. The van der Waals surface area contributed by atoms with Crippen molar-refractivity contribution in [3.05, 3.63) is 65.2 Å². The quantitative estimate of drug-likeness (QED) is 0.721. The molecule has 0 saturated heterocycles. The second kappa shape index (κ2) is 6.08. The Morgan fingerprint density at radius 2 is 2.12 bits per heavy atom. The Kier molecular flexibility index (Phi) is 3.76. The van der Waals surface area contributed by atoms with Gasteiger partial charge in [-0.2, -0.15) is 0 Å². The average molecular weight is 337 g/mol. The first-order valence-corrected chi connectivity index (χ1v) is 8.08. The maximum atomic E-state index is 13.7. The van der Waals surface area contributed by atoms with Crippen LogP contribution in [0.25, 0.3) is 5.69 Å². The predicted molar refractivity (Wildman–Crippen MR) is 90.3 cm³/mol. The highest BCUT2D eigenvalue weighted by atomic mass is 19.1. The van der Waals surface area contributed by atoms with Crippen molar-refractivity contribution in [3.8, 4) is 5.69 Å². The van der Waals surface area contributed by atoms with Gasteiger partial charge in [-0.1, -0.05) is 6.07 Å². The number of anilines is 1. The number of halogens is 1. The molecule has 0 unspecified atom stereocenters. The van der Waals surface area contributed by atoms with E-state index in [-0.39, 0.29) is 11.7 Å². The molecule has 0 spiro atoms. The zero-order chi connectivity index (χ0) is 17.4. The number of benzene rings is 2. The summed E-state index contributed by atoms with van der Waals surface area (Å²) >= 11 is 0. The SMILES string of the molecule is Cc1cc(F)cc2c1N(C(=O)c1cccc(-n3cnnn3)c1)CCC2. The molecular formula is C18H16FN5O. The van der Waals surface area contributed by atoms with Gasteiger partial charge in [0.2, 0.25) is 0 Å². The van der Waals surface area contributed by atoms with Crippen LogP contribution < -0.4 is 4.90 Å². The lowest BCUT2D eigenvalue weighted by atomic mass is 9.97. The Morgan fingerprint density at radius 3 is 2.92 bits per heavy atom. The monoisotopic (exact) mass is 337 g/mol. The van der Waals surface area contributed by atoms with Crippen molar-refractivity contribution in [1.29, 1.82) is 0 Å². The number of amides is 1. The van der Waals surface area contributed by atoms with Crippen LogP contribution in [0, 0.1) is 12.7 Å². The van der Waals surface area contributed by atoms with Crippen molar-refractivity contribution in [3.63, 3.8) is 0 Å². The Morgan fingerprint density at radius 1 is 1.24 bits per heavy atom. The molecule has 0 N–H and O–H groups in total. The number of carbonyl (C=O) groups is 1. The highest BCUT2D eigenvalue weighted by molar-refractivity contribution is 6.07. The fourth-order valence-electron chi connectivity index (χ4n) is 3.34. The Hall–Kier alpha value is -3.09. The van der Waals surface area contributed by atoms with Crippen molar-refractivity contribution < 1.29 is 9.18 Å². The van der Waals surface area contributed by atoms with Crippen LogP contribution in [0.4, 0.5) is 10.1 Å². The summed E-state index contributed by atoms with van der Waals surface area (Å²) in [7, 11) is 0. The van der Waals surface area contributed by atoms with E-state index in [0.29, 0.717) is 17.8 Å². The third kappa shape index (κ3) is 2.77. The molecule has 6 nitrogen and oxygen atoms in total. The van der Waals surface area contributed by atoms with Crippen LogP contribution in [0.15, 0.2) is 42.7 Å². The summed E-state index contributed by atoms with van der Waals surface area (Å²) in [5, 5.41) is 11.1. The summed E-state index contributed by atoms with van der Waals surface area (Å²) in [5.41, 5.74) is 3.74. The molecule has 1 amide bonds. The molecule has 126 valence electrons. The standard InChI is InChI=1S/C18H16FN5O/c1-12-8-15(19)9-13-5-3-7-23(17(12)13)18(25)14-4-2-6-16(10-14)24-11-20-21-22-24/h2,4,6,8-11H,3,5,7H2,1H3. The predicted octanol–water partition coefficient (Wildman–Crippen LogP) is 2.70. The molecule has 7 heteroatoms. The summed E-state index contributed by atoms with van der Waals surface area (Å²) in [5.74, 6) is -0.364. The summed E-state index contributed by atoms with van der Waals surface area (Å²) < 4.78 is 15.2. The van der Waals surface area contributed by atoms with Crippen molar-refractivity contribution in [2.45, 2.75) is 19.8 Å². The lowest BCUT2D eigenvalue weighted by Crippen LogP contribution is -2.36. The van der Waals surface area contributed by atoms with Crippen molar-refractivity contribution in [2.75, 3.05) is 11.4 Å². The Labute approximate surface area is 143 Å². The van der Waals surface area contributed by atoms with Gasteiger partial charge in [-0.25, -0.2) is 9.07 Å². The van der Waals surface area contributed by atoms with E-state index in [4.69, 9.17) is 0 Å². The molecule has 0 aliphatic carbocycles. The molecule has 0 bridgehead atoms. The summed E-state index contributed by atoms with van der Waals surface area (Å²) in [6, 6.07) is 10.2. The number of aromatic nitrogens is 4. The van der Waals surface area contributed by atoms with E-state index in [1.165, 1.54) is 23.1 Å². The van der Waals surface area contributed by atoms with Crippen LogP contribution in [0.5, 0.6) is 0 Å². The first kappa shape index (κ1) is 15.4. The van der Waals surface area contributed by atoms with Gasteiger partial charge in [0.15, 0.2) is 0 Å². The van der Waals surface area contributed by atoms with Gasteiger partial charge in [0, 0.05) is 12.1 Å². The van der Waals surface area contributed by atoms with Crippen molar-refractivity contribution in [2.24, 2.45) is 0 Å². The van der Waals surface area contributed by atoms with Crippen LogP contribution in [-0.4, -0.2) is 32.7 Å². The molecule has 0 radical (unpaired) electrons. The van der Waals surface area contributed by atoms with Crippen LogP contribution in [0.2, 0.25) is 0 Å². The highest BCUT2D eigenvalue weighted by Gasteiger charge is 2.26. The minimum absolute atomic E-state index is 0.106. The smallest absolute Gasteiger partial charge is 0.258 e. The summed E-state index contributed by atoms with van der Waals surface area (Å²) in [6.07, 6.45) is 3.07. The molecule has 3 aromatic rings. The molecule has 2 heterocycles. The zero-order valence-electron chi connectivity index (χ0n) is 13.7. The second-order valence-electron chi connectivity index (χ2n) is 6.10. The first-order valence-electron chi connectivity index (χ1n) is 8.08. The van der Waals surface area contributed by atoms with Crippen molar-refractivity contribution in [1.82, 2.24) is 20.2 Å². The summed E-state index contributed by atoms with van der Waals surface area (Å²) in [4.78, 5) is 14.8. The number of hydrogen-bond donors (Lipinski definition) is 0. The summed E-state index contributed by atoms with van der Waals surface area (Å²) in [6.45, 7) is 2.46. The van der Waals surface area contributed by atoms with Gasteiger partial charge in [0.05, 0.1) is 11.4 Å². The number of hydrogen-bond acceptors (Lipinski definition) is 4. The van der Waals surface area contributed by atoms with Crippen molar-refractivity contribution >= 4 is 11.6 Å². The van der Waals surface area contributed by atoms with Crippen LogP contribution >= 0.6 is 0 Å². The lowest BCUT2D eigenvalue weighted by molar-refractivity contribution is 0.0985. The second-order valence-corrected chi connectivity index (χ2v) is 6.10. The van der Waals surface area contributed by atoms with Gasteiger partial charge in [-0.15, -0.1) is 5.10 Å². The maximum absolute atomic E-state index is 13.7. The Bertz CT molecular complexity index is 939. The Balaban J connectivity index is 1.73. The number of aryl methyl sites for hydroxylation is 2. The molecule has 1 aliphatic heterocycles. The molecule has 25 heavy (non-hydrogen) atoms. The molecule has 2 aromatic carbocycles. The molecule has 4 rings (SSSR count). The molecule has 1 aliphatic rings. The number of tetrazole rings is 1. The molecule has 0 fully saturated rings. The van der Waals surface area contributed by atoms with E-state index in [9.17, 15) is 9.18 Å². The third-order valence-electron chi connectivity index (χ3n) is 4.39. The van der Waals surface area contributed by atoms with E-state index in [1.807, 2.05) is 13.0 Å². The van der Waals surface area contributed by atoms with Crippen LogP contribution in [0.1, 0.15) is 27.9 Å². The van der Waals surface area contributed by atoms with Gasteiger partial charge >= 0.3 is 0 Å². The van der Waals surface area contributed by atoms with Gasteiger partial charge in [0.25, 0.3) is 5.91 Å².